The van der Waals surface area contributed by atoms with Crippen molar-refractivity contribution in [1.29, 1.82) is 0 Å². The van der Waals surface area contributed by atoms with E-state index in [1.54, 1.807) is 0 Å². The summed E-state index contributed by atoms with van der Waals surface area (Å²) in [6.45, 7) is 6.93. The molecule has 18 heavy (non-hydrogen) atoms. The maximum Gasteiger partial charge on any atom is 0.0135 e. The van der Waals surface area contributed by atoms with Gasteiger partial charge in [0.1, 0.15) is 0 Å². The van der Waals surface area contributed by atoms with Gasteiger partial charge in [-0.1, -0.05) is 19.8 Å². The molecule has 0 spiro atoms. The largest absolute Gasteiger partial charge is 0.330 e. The zero-order valence-electron chi connectivity index (χ0n) is 12.3. The highest BCUT2D eigenvalue weighted by molar-refractivity contribution is 4.88. The molecule has 2 aliphatic rings. The van der Waals surface area contributed by atoms with Gasteiger partial charge in [-0.15, -0.1) is 0 Å². The van der Waals surface area contributed by atoms with Gasteiger partial charge < -0.3 is 15.5 Å². The zero-order chi connectivity index (χ0) is 13.0. The minimum absolute atomic E-state index is 0.743. The Bertz CT molecular complexity index is 236. The van der Waals surface area contributed by atoms with Crippen LogP contribution in [0.15, 0.2) is 0 Å². The van der Waals surface area contributed by atoms with Crippen LogP contribution in [0.1, 0.15) is 45.4 Å². The number of rotatable bonds is 4. The third kappa shape index (κ3) is 3.25. The Morgan fingerprint density at radius 1 is 1.11 bits per heavy atom. The van der Waals surface area contributed by atoms with Crippen LogP contribution in [-0.4, -0.2) is 55.1 Å². The summed E-state index contributed by atoms with van der Waals surface area (Å²) in [5.41, 5.74) is 5.97. The summed E-state index contributed by atoms with van der Waals surface area (Å²) >= 11 is 0. The Morgan fingerprint density at radius 2 is 1.78 bits per heavy atom. The summed E-state index contributed by atoms with van der Waals surface area (Å²) in [4.78, 5) is 5.26. The second kappa shape index (κ2) is 6.88. The predicted octanol–water partition coefficient (Wildman–Crippen LogP) is 1.92. The van der Waals surface area contributed by atoms with E-state index in [1.165, 1.54) is 58.2 Å². The number of nitrogens with two attached hydrogens (primary N) is 1. The average Bonchev–Trinajstić information content (AvgIpc) is 2.46. The molecule has 1 heterocycles. The first-order valence-electron chi connectivity index (χ1n) is 7.90. The molecule has 2 N–H and O–H groups in total. The summed E-state index contributed by atoms with van der Waals surface area (Å²) in [5.74, 6) is 0.743. The summed E-state index contributed by atoms with van der Waals surface area (Å²) in [6.07, 6.45) is 8.20. The van der Waals surface area contributed by atoms with Gasteiger partial charge in [0, 0.05) is 12.1 Å². The van der Waals surface area contributed by atoms with Crippen molar-refractivity contribution in [2.45, 2.75) is 57.5 Å². The molecular formula is C15H31N3. The standard InChI is InChI=1S/C15H31N3/c1-3-18-10-8-14(9-11-18)17(2)15-7-5-4-6-13(15)12-16/h13-15H,3-12,16H2,1-2H3. The number of hydrogen-bond donors (Lipinski definition) is 1. The van der Waals surface area contributed by atoms with Crippen LogP contribution in [0.4, 0.5) is 0 Å². The third-order valence-corrected chi connectivity index (χ3v) is 5.28. The Labute approximate surface area is 113 Å². The predicted molar refractivity (Wildman–Crippen MR) is 77.7 cm³/mol. The highest BCUT2D eigenvalue weighted by Crippen LogP contribution is 2.30. The lowest BCUT2D eigenvalue weighted by atomic mass is 9.82. The third-order valence-electron chi connectivity index (χ3n) is 5.28. The Kier molecular flexibility index (Phi) is 5.46. The van der Waals surface area contributed by atoms with Crippen molar-refractivity contribution < 1.29 is 0 Å². The van der Waals surface area contributed by atoms with Gasteiger partial charge in [0.25, 0.3) is 0 Å². The maximum absolute atomic E-state index is 5.97. The lowest BCUT2D eigenvalue weighted by Crippen LogP contribution is -2.51. The molecule has 2 fully saturated rings. The van der Waals surface area contributed by atoms with Crippen LogP contribution in [0.2, 0.25) is 0 Å². The molecule has 0 radical (unpaired) electrons. The Hall–Kier alpha value is -0.120. The minimum Gasteiger partial charge on any atom is -0.330 e. The van der Waals surface area contributed by atoms with Crippen molar-refractivity contribution in [3.8, 4) is 0 Å². The van der Waals surface area contributed by atoms with Crippen molar-refractivity contribution in [2.75, 3.05) is 33.2 Å². The van der Waals surface area contributed by atoms with Gasteiger partial charge in [-0.25, -0.2) is 0 Å². The molecule has 1 aliphatic carbocycles. The van der Waals surface area contributed by atoms with Crippen molar-refractivity contribution in [2.24, 2.45) is 11.7 Å². The van der Waals surface area contributed by atoms with E-state index in [0.717, 1.165) is 24.5 Å². The molecule has 1 saturated heterocycles. The normalized spacial score (nSPS) is 32.0. The van der Waals surface area contributed by atoms with Crippen molar-refractivity contribution in [1.82, 2.24) is 9.80 Å². The first-order valence-corrected chi connectivity index (χ1v) is 7.90. The quantitative estimate of drug-likeness (QED) is 0.831. The van der Waals surface area contributed by atoms with Crippen LogP contribution in [0.25, 0.3) is 0 Å². The van der Waals surface area contributed by atoms with Gasteiger partial charge in [0.15, 0.2) is 0 Å². The van der Waals surface area contributed by atoms with Crippen LogP contribution < -0.4 is 5.73 Å². The van der Waals surface area contributed by atoms with Crippen LogP contribution in [0.3, 0.4) is 0 Å². The molecule has 2 atom stereocenters. The molecular weight excluding hydrogens is 222 g/mol. The molecule has 0 bridgehead atoms. The van der Waals surface area contributed by atoms with E-state index < -0.39 is 0 Å². The van der Waals surface area contributed by atoms with E-state index in [-0.39, 0.29) is 0 Å². The first-order chi connectivity index (χ1) is 8.76. The van der Waals surface area contributed by atoms with Crippen LogP contribution >= 0.6 is 0 Å². The molecule has 1 saturated carbocycles. The summed E-state index contributed by atoms with van der Waals surface area (Å²) in [6, 6.07) is 1.55. The zero-order valence-corrected chi connectivity index (χ0v) is 12.3. The topological polar surface area (TPSA) is 32.5 Å². The molecule has 0 aromatic rings. The maximum atomic E-state index is 5.97. The van der Waals surface area contributed by atoms with Gasteiger partial charge in [-0.05, 0) is 64.8 Å². The van der Waals surface area contributed by atoms with Gasteiger partial charge in [-0.2, -0.15) is 0 Å². The average molecular weight is 253 g/mol. The Balaban J connectivity index is 1.87. The fraction of sp³-hybridized carbons (Fsp3) is 1.00. The molecule has 2 rings (SSSR count). The van der Waals surface area contributed by atoms with Crippen LogP contribution in [-0.2, 0) is 0 Å². The summed E-state index contributed by atoms with van der Waals surface area (Å²) < 4.78 is 0. The lowest BCUT2D eigenvalue weighted by Gasteiger charge is -2.44. The number of nitrogens with zero attached hydrogens (tertiary/aromatic N) is 2. The van der Waals surface area contributed by atoms with Gasteiger partial charge in [-0.3, -0.25) is 0 Å². The second-order valence-corrected chi connectivity index (χ2v) is 6.18. The molecule has 0 aromatic heterocycles. The monoisotopic (exact) mass is 253 g/mol. The van der Waals surface area contributed by atoms with E-state index in [1.807, 2.05) is 0 Å². The van der Waals surface area contributed by atoms with E-state index >= 15 is 0 Å². The van der Waals surface area contributed by atoms with Crippen LogP contribution in [0.5, 0.6) is 0 Å². The van der Waals surface area contributed by atoms with E-state index in [4.69, 9.17) is 5.73 Å². The second-order valence-electron chi connectivity index (χ2n) is 6.18. The van der Waals surface area contributed by atoms with Crippen molar-refractivity contribution in [3.63, 3.8) is 0 Å². The van der Waals surface area contributed by atoms with Crippen LogP contribution in [0, 0.1) is 5.92 Å². The fourth-order valence-electron chi connectivity index (χ4n) is 3.91. The first kappa shape index (κ1) is 14.3. The lowest BCUT2D eigenvalue weighted by molar-refractivity contribution is 0.0550. The van der Waals surface area contributed by atoms with Gasteiger partial charge in [0.2, 0.25) is 0 Å². The van der Waals surface area contributed by atoms with E-state index in [0.29, 0.717) is 0 Å². The number of piperidine rings is 1. The summed E-state index contributed by atoms with van der Waals surface area (Å²) in [7, 11) is 2.35. The summed E-state index contributed by atoms with van der Waals surface area (Å²) in [5, 5.41) is 0. The SMILES string of the molecule is CCN1CCC(N(C)C2CCCCC2CN)CC1. The molecule has 2 unspecified atom stereocenters. The molecule has 3 heteroatoms. The van der Waals surface area contributed by atoms with Crippen molar-refractivity contribution >= 4 is 0 Å². The van der Waals surface area contributed by atoms with Gasteiger partial charge in [0.05, 0.1) is 0 Å². The molecule has 1 aliphatic heterocycles. The number of likely N-dealkylation sites (tertiary alicyclic amines) is 1. The minimum atomic E-state index is 0.743. The highest BCUT2D eigenvalue weighted by Gasteiger charge is 2.32. The fourth-order valence-corrected chi connectivity index (χ4v) is 3.91. The molecule has 106 valence electrons. The Morgan fingerprint density at radius 3 is 2.39 bits per heavy atom. The molecule has 3 nitrogen and oxygen atoms in total. The number of hydrogen-bond acceptors (Lipinski definition) is 3. The van der Waals surface area contributed by atoms with Gasteiger partial charge >= 0.3 is 0 Å². The van der Waals surface area contributed by atoms with Crippen molar-refractivity contribution in [3.05, 3.63) is 0 Å². The van der Waals surface area contributed by atoms with E-state index in [9.17, 15) is 0 Å². The molecule has 0 aromatic carbocycles. The highest BCUT2D eigenvalue weighted by atomic mass is 15.2. The molecule has 0 amide bonds. The van der Waals surface area contributed by atoms with E-state index in [2.05, 4.69) is 23.8 Å². The smallest absolute Gasteiger partial charge is 0.0135 e.